The van der Waals surface area contributed by atoms with Crippen LogP contribution >= 0.6 is 0 Å². The Morgan fingerprint density at radius 1 is 0.844 bits per heavy atom. The van der Waals surface area contributed by atoms with Crippen molar-refractivity contribution in [2.24, 2.45) is 62.4 Å². The summed E-state index contributed by atoms with van der Waals surface area (Å²) in [5.74, 6) is 3.67. The van der Waals surface area contributed by atoms with Crippen LogP contribution < -0.4 is 5.73 Å². The molecule has 5 aliphatic carbocycles. The first-order chi connectivity index (χ1) is 14.9. The summed E-state index contributed by atoms with van der Waals surface area (Å²) in [5, 5.41) is 10.9. The van der Waals surface area contributed by atoms with Gasteiger partial charge in [-0.15, -0.1) is 0 Å². The molecule has 0 spiro atoms. The molecule has 32 heavy (non-hydrogen) atoms. The van der Waals surface area contributed by atoms with Crippen LogP contribution in [0.4, 0.5) is 0 Å². The van der Waals surface area contributed by atoms with Gasteiger partial charge in [0.1, 0.15) is 0 Å². The molecule has 10 atom stereocenters. The van der Waals surface area contributed by atoms with E-state index in [9.17, 15) is 5.11 Å². The van der Waals surface area contributed by atoms with Crippen LogP contribution in [0.25, 0.3) is 0 Å². The molecule has 0 aromatic heterocycles. The fourth-order valence-electron chi connectivity index (χ4n) is 11.6. The van der Waals surface area contributed by atoms with Crippen molar-refractivity contribution in [3.63, 3.8) is 0 Å². The van der Waals surface area contributed by atoms with Crippen LogP contribution in [0.1, 0.15) is 106 Å². The second-order valence-electron chi connectivity index (χ2n) is 14.6. The number of rotatable bonds is 2. The van der Waals surface area contributed by atoms with Crippen molar-refractivity contribution in [3.8, 4) is 0 Å². The number of hydrogen-bond donors (Lipinski definition) is 2. The second kappa shape index (κ2) is 7.09. The van der Waals surface area contributed by atoms with E-state index in [4.69, 9.17) is 5.73 Å². The molecule has 5 rings (SSSR count). The van der Waals surface area contributed by atoms with Gasteiger partial charge in [-0.3, -0.25) is 0 Å². The maximum atomic E-state index is 10.9. The zero-order valence-electron chi connectivity index (χ0n) is 22.0. The third kappa shape index (κ3) is 2.66. The Hall–Kier alpha value is -0.340. The minimum absolute atomic E-state index is 0.0455. The maximum absolute atomic E-state index is 10.9. The monoisotopic (exact) mass is 441 g/mol. The quantitative estimate of drug-likeness (QED) is 0.455. The van der Waals surface area contributed by atoms with Crippen LogP contribution in [-0.2, 0) is 0 Å². The fraction of sp³-hybridized carbons (Fsp3) is 0.933. The number of fused-ring (bicyclic) bond motifs is 7. The van der Waals surface area contributed by atoms with E-state index in [1.807, 2.05) is 0 Å². The minimum Gasteiger partial charge on any atom is -0.393 e. The number of hydrogen-bond acceptors (Lipinski definition) is 2. The summed E-state index contributed by atoms with van der Waals surface area (Å²) in [5.41, 5.74) is 9.59. The topological polar surface area (TPSA) is 46.2 Å². The molecular formula is C30H51NO. The van der Waals surface area contributed by atoms with Gasteiger partial charge in [-0.05, 0) is 134 Å². The van der Waals surface area contributed by atoms with Gasteiger partial charge in [0.05, 0.1) is 6.10 Å². The highest BCUT2D eigenvalue weighted by molar-refractivity contribution is 5.21. The number of aliphatic hydroxyl groups is 1. The van der Waals surface area contributed by atoms with E-state index in [1.54, 1.807) is 0 Å². The largest absolute Gasteiger partial charge is 0.393 e. The van der Waals surface area contributed by atoms with Gasteiger partial charge in [-0.25, -0.2) is 0 Å². The van der Waals surface area contributed by atoms with Gasteiger partial charge in [-0.1, -0.05) is 46.8 Å². The van der Waals surface area contributed by atoms with Crippen molar-refractivity contribution in [2.45, 2.75) is 112 Å². The molecule has 0 aromatic carbocycles. The molecule has 5 aliphatic rings. The smallest absolute Gasteiger partial charge is 0.0594 e. The van der Waals surface area contributed by atoms with Gasteiger partial charge < -0.3 is 10.8 Å². The van der Waals surface area contributed by atoms with Gasteiger partial charge >= 0.3 is 0 Å². The summed E-state index contributed by atoms with van der Waals surface area (Å²) in [6, 6.07) is 0. The molecule has 0 saturated heterocycles. The average molecular weight is 442 g/mol. The molecule has 0 heterocycles. The average Bonchev–Trinajstić information content (AvgIpc) is 3.12. The minimum atomic E-state index is -0.133. The molecule has 0 aromatic rings. The van der Waals surface area contributed by atoms with Crippen LogP contribution in [0.15, 0.2) is 12.2 Å². The summed E-state index contributed by atoms with van der Waals surface area (Å²) in [6.45, 7) is 20.4. The Kier molecular flexibility index (Phi) is 5.19. The van der Waals surface area contributed by atoms with Crippen LogP contribution in [-0.4, -0.2) is 17.8 Å². The van der Waals surface area contributed by atoms with E-state index in [1.165, 1.54) is 63.4 Å². The van der Waals surface area contributed by atoms with Crippen molar-refractivity contribution >= 4 is 0 Å². The molecular weight excluding hydrogens is 390 g/mol. The van der Waals surface area contributed by atoms with Crippen LogP contribution in [0.3, 0.4) is 0 Å². The third-order valence-electron chi connectivity index (χ3n) is 13.6. The molecule has 0 unspecified atom stereocenters. The molecule has 5 saturated carbocycles. The predicted octanol–water partition coefficient (Wildman–Crippen LogP) is 6.96. The first kappa shape index (κ1) is 23.4. The van der Waals surface area contributed by atoms with Crippen molar-refractivity contribution < 1.29 is 5.11 Å². The van der Waals surface area contributed by atoms with Gasteiger partial charge in [0.15, 0.2) is 0 Å². The maximum Gasteiger partial charge on any atom is 0.0594 e. The number of nitrogens with two attached hydrogens (primary N) is 1. The van der Waals surface area contributed by atoms with E-state index in [-0.39, 0.29) is 11.5 Å². The van der Waals surface area contributed by atoms with E-state index in [0.29, 0.717) is 33.5 Å². The lowest BCUT2D eigenvalue weighted by molar-refractivity contribution is -0.247. The van der Waals surface area contributed by atoms with Crippen molar-refractivity contribution in [1.82, 2.24) is 0 Å². The van der Waals surface area contributed by atoms with Gasteiger partial charge in [0.2, 0.25) is 0 Å². The molecule has 0 amide bonds. The fourth-order valence-corrected chi connectivity index (χ4v) is 11.6. The SMILES string of the molecule is C=C(C)[C@@H]1CC[C@]2(CN)CC[C@]3(C)[C@H](CC[C@@H]4[C@@]5(C)CC[C@H](O)C(C)(C)[C@@H]5CC[C@]43C)[C@@H]12. The zero-order valence-corrected chi connectivity index (χ0v) is 22.0. The molecule has 182 valence electrons. The Balaban J connectivity index is 1.55. The van der Waals surface area contributed by atoms with Crippen LogP contribution in [0.2, 0.25) is 0 Å². The molecule has 3 N–H and O–H groups in total. The molecule has 2 nitrogen and oxygen atoms in total. The van der Waals surface area contributed by atoms with E-state index < -0.39 is 0 Å². The standard InChI is InChI=1S/C30H51NO/c1-19(2)20-10-15-30(18-31)17-16-28(6)21(25(20)30)8-9-23-27(5)13-12-24(32)26(3,4)22(27)11-14-29(23,28)7/h20-25,32H,1,8-18,31H2,2-7H3/t20-,21+,22-,23+,24-,25+,27-,28+,29+,30+/m0/s1. The van der Waals surface area contributed by atoms with Crippen molar-refractivity contribution in [1.29, 1.82) is 0 Å². The molecule has 0 radical (unpaired) electrons. The van der Waals surface area contributed by atoms with E-state index >= 15 is 0 Å². The molecule has 0 bridgehead atoms. The summed E-state index contributed by atoms with van der Waals surface area (Å²) >= 11 is 0. The van der Waals surface area contributed by atoms with E-state index in [2.05, 4.69) is 48.1 Å². The zero-order chi connectivity index (χ0) is 23.3. The summed E-state index contributed by atoms with van der Waals surface area (Å²) < 4.78 is 0. The summed E-state index contributed by atoms with van der Waals surface area (Å²) in [7, 11) is 0. The third-order valence-corrected chi connectivity index (χ3v) is 13.6. The van der Waals surface area contributed by atoms with Crippen LogP contribution in [0, 0.1) is 56.7 Å². The first-order valence-corrected chi connectivity index (χ1v) is 13.9. The molecule has 5 fully saturated rings. The van der Waals surface area contributed by atoms with Crippen molar-refractivity contribution in [3.05, 3.63) is 12.2 Å². The van der Waals surface area contributed by atoms with Crippen LogP contribution in [0.5, 0.6) is 0 Å². The highest BCUT2D eigenvalue weighted by Crippen LogP contribution is 2.77. The van der Waals surface area contributed by atoms with Gasteiger partial charge in [0.25, 0.3) is 0 Å². The summed E-state index contributed by atoms with van der Waals surface area (Å²) in [4.78, 5) is 0. The van der Waals surface area contributed by atoms with Gasteiger partial charge in [0, 0.05) is 0 Å². The number of allylic oxidation sites excluding steroid dienone is 1. The lowest BCUT2D eigenvalue weighted by atomic mass is 9.32. The molecule has 0 aliphatic heterocycles. The second-order valence-corrected chi connectivity index (χ2v) is 14.6. The predicted molar refractivity (Wildman–Crippen MR) is 134 cm³/mol. The lowest BCUT2D eigenvalue weighted by Crippen LogP contribution is -2.67. The van der Waals surface area contributed by atoms with E-state index in [0.717, 1.165) is 30.7 Å². The Bertz CT molecular complexity index is 788. The first-order valence-electron chi connectivity index (χ1n) is 13.9. The lowest BCUT2D eigenvalue weighted by Gasteiger charge is -2.73. The Labute approximate surface area is 198 Å². The molecule has 2 heteroatoms. The Morgan fingerprint density at radius 2 is 1.56 bits per heavy atom. The highest BCUT2D eigenvalue weighted by Gasteiger charge is 2.70. The van der Waals surface area contributed by atoms with Gasteiger partial charge in [-0.2, -0.15) is 0 Å². The number of aliphatic hydroxyl groups excluding tert-OH is 1. The Morgan fingerprint density at radius 3 is 2.22 bits per heavy atom. The summed E-state index contributed by atoms with van der Waals surface area (Å²) in [6.07, 6.45) is 12.8. The normalized spacial score (nSPS) is 56.5. The highest BCUT2D eigenvalue weighted by atomic mass is 16.3. The van der Waals surface area contributed by atoms with Crippen molar-refractivity contribution in [2.75, 3.05) is 6.54 Å².